The number of alkyl halides is 2. The average molecular weight is 203 g/mol. The van der Waals surface area contributed by atoms with Crippen LogP contribution >= 0.6 is 11.3 Å². The van der Waals surface area contributed by atoms with Gasteiger partial charge >= 0.3 is 0 Å². The number of anilines is 1. The Morgan fingerprint density at radius 2 is 2.31 bits per heavy atom. The van der Waals surface area contributed by atoms with Crippen molar-refractivity contribution in [3.8, 4) is 11.8 Å². The van der Waals surface area contributed by atoms with E-state index in [1.165, 1.54) is 0 Å². The normalized spacial score (nSPS) is 9.54. The highest BCUT2D eigenvalue weighted by atomic mass is 32.1. The van der Waals surface area contributed by atoms with Crippen LogP contribution in [0.25, 0.3) is 0 Å². The summed E-state index contributed by atoms with van der Waals surface area (Å²) in [6.07, 6.45) is -2.55. The number of hydrogen-bond donors (Lipinski definition) is 1. The zero-order valence-corrected chi connectivity index (χ0v) is 7.66. The highest BCUT2D eigenvalue weighted by Gasteiger charge is 2.12. The second-order valence-corrected chi connectivity index (χ2v) is 3.04. The summed E-state index contributed by atoms with van der Waals surface area (Å²) in [5.41, 5.74) is 0. The maximum Gasteiger partial charge on any atom is 0.291 e. The van der Waals surface area contributed by atoms with Crippen LogP contribution in [0.15, 0.2) is 0 Å². The SMILES string of the molecule is CC#CCNc1nnc(C(F)F)s1. The molecule has 0 saturated carbocycles. The Balaban J connectivity index is 2.52. The Hall–Kier alpha value is -1.22. The van der Waals surface area contributed by atoms with Gasteiger partial charge < -0.3 is 5.32 Å². The summed E-state index contributed by atoms with van der Waals surface area (Å²) in [6.45, 7) is 2.10. The van der Waals surface area contributed by atoms with Gasteiger partial charge in [0.2, 0.25) is 5.13 Å². The molecule has 0 aliphatic heterocycles. The molecule has 1 N–H and O–H groups in total. The zero-order chi connectivity index (χ0) is 9.68. The van der Waals surface area contributed by atoms with Crippen molar-refractivity contribution in [1.82, 2.24) is 10.2 Å². The maximum absolute atomic E-state index is 12.0. The first-order chi connectivity index (χ1) is 6.24. The molecule has 0 aliphatic rings. The lowest BCUT2D eigenvalue weighted by Gasteiger charge is -1.91. The van der Waals surface area contributed by atoms with E-state index in [0.29, 0.717) is 11.7 Å². The molecule has 6 heteroatoms. The summed E-state index contributed by atoms with van der Waals surface area (Å²) in [6, 6.07) is 0. The molecule has 1 aromatic heterocycles. The van der Waals surface area contributed by atoms with Crippen molar-refractivity contribution >= 4 is 16.5 Å². The van der Waals surface area contributed by atoms with Gasteiger partial charge in [0.05, 0.1) is 6.54 Å². The third-order valence-corrected chi connectivity index (χ3v) is 2.02. The molecule has 0 fully saturated rings. The summed E-state index contributed by atoms with van der Waals surface area (Å²) in [7, 11) is 0. The van der Waals surface area contributed by atoms with Crippen LogP contribution in [0.3, 0.4) is 0 Å². The van der Waals surface area contributed by atoms with Crippen molar-refractivity contribution in [2.24, 2.45) is 0 Å². The van der Waals surface area contributed by atoms with E-state index in [9.17, 15) is 8.78 Å². The molecule has 0 atom stereocenters. The number of halogens is 2. The molecular weight excluding hydrogens is 196 g/mol. The standard InChI is InChI=1S/C7H7F2N3S/c1-2-3-4-10-7-12-11-6(13-7)5(8)9/h5H,4H2,1H3,(H,10,12). The van der Waals surface area contributed by atoms with Gasteiger partial charge in [0.15, 0.2) is 5.01 Å². The topological polar surface area (TPSA) is 37.8 Å². The summed E-state index contributed by atoms with van der Waals surface area (Å²) < 4.78 is 24.0. The van der Waals surface area contributed by atoms with Crippen LogP contribution in [0.5, 0.6) is 0 Å². The highest BCUT2D eigenvalue weighted by Crippen LogP contribution is 2.24. The van der Waals surface area contributed by atoms with Crippen LogP contribution in [0, 0.1) is 11.8 Å². The number of nitrogens with zero attached hydrogens (tertiary/aromatic N) is 2. The minimum atomic E-state index is -2.55. The lowest BCUT2D eigenvalue weighted by Crippen LogP contribution is -1.97. The Kier molecular flexibility index (Phi) is 3.58. The monoisotopic (exact) mass is 203 g/mol. The smallest absolute Gasteiger partial charge is 0.291 e. The Labute approximate surface area is 78.2 Å². The molecule has 70 valence electrons. The van der Waals surface area contributed by atoms with Gasteiger partial charge in [-0.25, -0.2) is 8.78 Å². The quantitative estimate of drug-likeness (QED) is 0.762. The van der Waals surface area contributed by atoms with Gasteiger partial charge in [-0.05, 0) is 6.92 Å². The molecule has 3 nitrogen and oxygen atoms in total. The summed E-state index contributed by atoms with van der Waals surface area (Å²) in [5, 5.41) is 9.68. The van der Waals surface area contributed by atoms with E-state index < -0.39 is 6.43 Å². The first-order valence-electron chi connectivity index (χ1n) is 3.49. The van der Waals surface area contributed by atoms with E-state index in [4.69, 9.17) is 0 Å². The van der Waals surface area contributed by atoms with Crippen molar-refractivity contribution in [3.63, 3.8) is 0 Å². The first-order valence-corrected chi connectivity index (χ1v) is 4.30. The lowest BCUT2D eigenvalue weighted by atomic mass is 10.6. The van der Waals surface area contributed by atoms with Crippen molar-refractivity contribution in [2.75, 3.05) is 11.9 Å². The van der Waals surface area contributed by atoms with Gasteiger partial charge in [-0.1, -0.05) is 17.3 Å². The van der Waals surface area contributed by atoms with Crippen LogP contribution in [-0.4, -0.2) is 16.7 Å². The molecule has 13 heavy (non-hydrogen) atoms. The van der Waals surface area contributed by atoms with Crippen molar-refractivity contribution in [3.05, 3.63) is 5.01 Å². The number of aromatic nitrogens is 2. The molecule has 0 amide bonds. The van der Waals surface area contributed by atoms with Gasteiger partial charge in [0.25, 0.3) is 6.43 Å². The van der Waals surface area contributed by atoms with Crippen LogP contribution in [-0.2, 0) is 0 Å². The van der Waals surface area contributed by atoms with Crippen LogP contribution in [0.4, 0.5) is 13.9 Å². The highest BCUT2D eigenvalue weighted by molar-refractivity contribution is 7.15. The molecule has 0 spiro atoms. The van der Waals surface area contributed by atoms with E-state index >= 15 is 0 Å². The maximum atomic E-state index is 12.0. The molecule has 0 aromatic carbocycles. The second-order valence-electron chi connectivity index (χ2n) is 2.03. The fraction of sp³-hybridized carbons (Fsp3) is 0.429. The minimum absolute atomic E-state index is 0.271. The van der Waals surface area contributed by atoms with Gasteiger partial charge in [0, 0.05) is 0 Å². The van der Waals surface area contributed by atoms with Crippen LogP contribution < -0.4 is 5.32 Å². The number of rotatable bonds is 3. The van der Waals surface area contributed by atoms with E-state index in [2.05, 4.69) is 27.4 Å². The number of hydrogen-bond acceptors (Lipinski definition) is 4. The van der Waals surface area contributed by atoms with Gasteiger partial charge in [-0.2, -0.15) is 0 Å². The predicted octanol–water partition coefficient (Wildman–Crippen LogP) is 1.91. The summed E-state index contributed by atoms with van der Waals surface area (Å²) in [5.74, 6) is 5.39. The Morgan fingerprint density at radius 3 is 2.85 bits per heavy atom. The summed E-state index contributed by atoms with van der Waals surface area (Å²) in [4.78, 5) is 0. The molecule has 1 heterocycles. The summed E-state index contributed by atoms with van der Waals surface area (Å²) >= 11 is 0.840. The molecule has 1 aromatic rings. The van der Waals surface area contributed by atoms with E-state index in [0.717, 1.165) is 11.3 Å². The second kappa shape index (κ2) is 4.72. The largest absolute Gasteiger partial charge is 0.349 e. The molecule has 1 rings (SSSR count). The van der Waals surface area contributed by atoms with Gasteiger partial charge in [-0.3, -0.25) is 0 Å². The molecule has 0 saturated heterocycles. The third-order valence-electron chi connectivity index (χ3n) is 1.13. The Bertz CT molecular complexity index is 326. The Morgan fingerprint density at radius 1 is 1.54 bits per heavy atom. The minimum Gasteiger partial charge on any atom is -0.349 e. The average Bonchev–Trinajstić information content (AvgIpc) is 2.53. The van der Waals surface area contributed by atoms with Crippen LogP contribution in [0.1, 0.15) is 18.4 Å². The van der Waals surface area contributed by atoms with Gasteiger partial charge in [0.1, 0.15) is 0 Å². The van der Waals surface area contributed by atoms with Crippen molar-refractivity contribution in [2.45, 2.75) is 13.3 Å². The molecular formula is C7H7F2N3S. The lowest BCUT2D eigenvalue weighted by molar-refractivity contribution is 0.150. The number of nitrogens with one attached hydrogen (secondary N) is 1. The fourth-order valence-corrected chi connectivity index (χ4v) is 1.20. The predicted molar refractivity (Wildman–Crippen MR) is 46.8 cm³/mol. The molecule has 0 aliphatic carbocycles. The molecule has 0 bridgehead atoms. The van der Waals surface area contributed by atoms with E-state index in [1.807, 2.05) is 0 Å². The first kappa shape index (κ1) is 9.86. The van der Waals surface area contributed by atoms with E-state index in [1.54, 1.807) is 6.92 Å². The third kappa shape index (κ3) is 2.95. The molecule has 0 radical (unpaired) electrons. The zero-order valence-electron chi connectivity index (χ0n) is 6.84. The van der Waals surface area contributed by atoms with E-state index in [-0.39, 0.29) is 5.01 Å². The van der Waals surface area contributed by atoms with Crippen LogP contribution in [0.2, 0.25) is 0 Å². The van der Waals surface area contributed by atoms with Gasteiger partial charge in [-0.15, -0.1) is 16.1 Å². The van der Waals surface area contributed by atoms with Crippen molar-refractivity contribution < 1.29 is 8.78 Å². The molecule has 0 unspecified atom stereocenters. The van der Waals surface area contributed by atoms with Crippen molar-refractivity contribution in [1.29, 1.82) is 0 Å². The fourth-order valence-electron chi connectivity index (χ4n) is 0.602.